The van der Waals surface area contributed by atoms with Gasteiger partial charge in [0.15, 0.2) is 11.2 Å². The summed E-state index contributed by atoms with van der Waals surface area (Å²) in [5.41, 5.74) is -0.240. The van der Waals surface area contributed by atoms with E-state index in [9.17, 15) is 14.4 Å². The minimum atomic E-state index is -0.446. The maximum Gasteiger partial charge on any atom is 0.332 e. The van der Waals surface area contributed by atoms with Gasteiger partial charge in [-0.1, -0.05) is 5.21 Å². The van der Waals surface area contributed by atoms with Crippen molar-refractivity contribution in [2.45, 2.75) is 32.7 Å². The Balaban J connectivity index is 2.42. The topological polar surface area (TPSA) is 91.8 Å². The van der Waals surface area contributed by atoms with Gasteiger partial charge >= 0.3 is 5.69 Å². The first-order valence-corrected chi connectivity index (χ1v) is 6.42. The van der Waals surface area contributed by atoms with E-state index in [1.54, 1.807) is 14.0 Å². The molecule has 0 spiro atoms. The highest BCUT2D eigenvalue weighted by atomic mass is 16.2. The molecule has 0 N–H and O–H groups in total. The molecule has 0 aliphatic heterocycles. The normalized spacial score (nSPS) is 11.2. The van der Waals surface area contributed by atoms with E-state index in [2.05, 4.69) is 10.3 Å². The number of carbonyl (C=O) groups excluding carboxylic acids is 1. The number of nitrogens with zero attached hydrogens (tertiary/aromatic N) is 5. The van der Waals surface area contributed by atoms with Crippen LogP contribution in [-0.4, -0.2) is 29.9 Å². The van der Waals surface area contributed by atoms with E-state index < -0.39 is 11.2 Å². The van der Waals surface area contributed by atoms with Gasteiger partial charge in [-0.15, -0.1) is 5.10 Å². The molecule has 0 aromatic carbocycles. The van der Waals surface area contributed by atoms with Crippen molar-refractivity contribution in [1.29, 1.82) is 0 Å². The van der Waals surface area contributed by atoms with Gasteiger partial charge in [0.1, 0.15) is 5.78 Å². The van der Waals surface area contributed by atoms with Gasteiger partial charge in [-0.2, -0.15) is 0 Å². The highest BCUT2D eigenvalue weighted by Crippen LogP contribution is 2.05. The number of aromatic nitrogens is 5. The van der Waals surface area contributed by atoms with E-state index in [4.69, 9.17) is 0 Å². The number of ketones is 1. The second-order valence-electron chi connectivity index (χ2n) is 4.84. The number of hydrogen-bond donors (Lipinski definition) is 0. The Kier molecular flexibility index (Phi) is 3.82. The second-order valence-corrected chi connectivity index (χ2v) is 4.84. The van der Waals surface area contributed by atoms with Crippen molar-refractivity contribution in [2.24, 2.45) is 14.1 Å². The van der Waals surface area contributed by atoms with Crippen molar-refractivity contribution in [2.75, 3.05) is 0 Å². The highest BCUT2D eigenvalue weighted by Gasteiger charge is 2.15. The van der Waals surface area contributed by atoms with Crippen LogP contribution in [0.4, 0.5) is 0 Å². The van der Waals surface area contributed by atoms with Crippen molar-refractivity contribution >= 4 is 16.9 Å². The fourth-order valence-corrected chi connectivity index (χ4v) is 2.16. The van der Waals surface area contributed by atoms with E-state index in [1.807, 2.05) is 0 Å². The van der Waals surface area contributed by atoms with Crippen molar-refractivity contribution in [3.8, 4) is 0 Å². The number of Topliss-reactive ketones (excluding diaryl/α,β-unsaturated/α-hetero) is 1. The van der Waals surface area contributed by atoms with Crippen LogP contribution in [0.25, 0.3) is 11.2 Å². The van der Waals surface area contributed by atoms with Gasteiger partial charge in [-0.3, -0.25) is 13.9 Å². The molecule has 0 saturated carbocycles. The Labute approximate surface area is 114 Å². The lowest BCUT2D eigenvalue weighted by Crippen LogP contribution is -2.38. The molecular weight excluding hydrogens is 262 g/mol. The van der Waals surface area contributed by atoms with Crippen LogP contribution in [0, 0.1) is 0 Å². The minimum absolute atomic E-state index is 0.130. The minimum Gasteiger partial charge on any atom is -0.300 e. The third kappa shape index (κ3) is 2.40. The molecule has 0 saturated heterocycles. The monoisotopic (exact) mass is 279 g/mol. The van der Waals surface area contributed by atoms with E-state index in [0.717, 1.165) is 4.57 Å². The average Bonchev–Trinajstić information content (AvgIpc) is 2.77. The van der Waals surface area contributed by atoms with E-state index in [0.29, 0.717) is 31.5 Å². The first-order valence-electron chi connectivity index (χ1n) is 6.42. The average molecular weight is 279 g/mol. The summed E-state index contributed by atoms with van der Waals surface area (Å²) in [5.74, 6) is 0.130. The number of carbonyl (C=O) groups is 1. The zero-order chi connectivity index (χ0) is 14.9. The standard InChI is InChI=1S/C12H17N5O3/c1-8(18)6-4-5-7-17-10-9(13-14-16(10)3)11(19)15(2)12(17)20/h4-7H2,1-3H3. The SMILES string of the molecule is CC(=O)CCCCn1c(=O)n(C)c(=O)c2nnn(C)c21. The zero-order valence-electron chi connectivity index (χ0n) is 11.8. The van der Waals surface area contributed by atoms with Crippen molar-refractivity contribution < 1.29 is 4.79 Å². The van der Waals surface area contributed by atoms with Crippen LogP contribution < -0.4 is 11.2 Å². The van der Waals surface area contributed by atoms with Gasteiger partial charge in [0.2, 0.25) is 0 Å². The molecule has 2 rings (SSSR count). The Morgan fingerprint density at radius 3 is 2.55 bits per heavy atom. The first kappa shape index (κ1) is 14.2. The summed E-state index contributed by atoms with van der Waals surface area (Å²) in [4.78, 5) is 35.0. The molecule has 0 unspecified atom stereocenters. The van der Waals surface area contributed by atoms with Crippen molar-refractivity contribution in [1.82, 2.24) is 24.1 Å². The van der Waals surface area contributed by atoms with Gasteiger partial charge in [0.25, 0.3) is 5.56 Å². The number of unbranched alkanes of at least 4 members (excludes halogenated alkanes) is 1. The molecule has 0 aliphatic carbocycles. The molecule has 2 aromatic heterocycles. The molecular formula is C12H17N5O3. The Bertz CT molecular complexity index is 768. The summed E-state index contributed by atoms with van der Waals surface area (Å²) in [5, 5.41) is 7.60. The number of rotatable bonds is 5. The van der Waals surface area contributed by atoms with Crippen LogP contribution in [0.3, 0.4) is 0 Å². The van der Waals surface area contributed by atoms with Crippen LogP contribution in [-0.2, 0) is 25.4 Å². The van der Waals surface area contributed by atoms with Crippen LogP contribution in [0.15, 0.2) is 9.59 Å². The molecule has 2 heterocycles. The molecule has 0 radical (unpaired) electrons. The molecule has 0 fully saturated rings. The summed E-state index contributed by atoms with van der Waals surface area (Å²) in [6, 6.07) is 0. The maximum absolute atomic E-state index is 12.2. The van der Waals surface area contributed by atoms with Gasteiger partial charge in [0, 0.05) is 27.1 Å². The van der Waals surface area contributed by atoms with Crippen LogP contribution in [0.1, 0.15) is 26.2 Å². The van der Waals surface area contributed by atoms with Gasteiger partial charge in [-0.25, -0.2) is 9.48 Å². The first-order chi connectivity index (χ1) is 9.43. The molecule has 8 heteroatoms. The molecule has 8 nitrogen and oxygen atoms in total. The van der Waals surface area contributed by atoms with Crippen LogP contribution in [0.2, 0.25) is 0 Å². The molecule has 0 amide bonds. The summed E-state index contributed by atoms with van der Waals surface area (Å²) in [6.45, 7) is 1.97. The zero-order valence-corrected chi connectivity index (χ0v) is 11.8. The highest BCUT2D eigenvalue weighted by molar-refractivity contribution is 5.75. The van der Waals surface area contributed by atoms with Gasteiger partial charge in [-0.05, 0) is 19.8 Å². The third-order valence-corrected chi connectivity index (χ3v) is 3.24. The number of fused-ring (bicyclic) bond motifs is 1. The van der Waals surface area contributed by atoms with Gasteiger partial charge < -0.3 is 4.79 Å². The lowest BCUT2D eigenvalue weighted by atomic mass is 10.2. The van der Waals surface area contributed by atoms with E-state index >= 15 is 0 Å². The molecule has 0 bridgehead atoms. The molecule has 20 heavy (non-hydrogen) atoms. The summed E-state index contributed by atoms with van der Waals surface area (Å²) >= 11 is 0. The molecule has 2 aromatic rings. The predicted octanol–water partition coefficient (Wildman–Crippen LogP) is -0.412. The quantitative estimate of drug-likeness (QED) is 0.694. The number of aryl methyl sites for hydroxylation is 2. The summed E-state index contributed by atoms with van der Waals surface area (Å²) in [6.07, 6.45) is 1.88. The lowest BCUT2D eigenvalue weighted by molar-refractivity contribution is -0.117. The summed E-state index contributed by atoms with van der Waals surface area (Å²) in [7, 11) is 3.06. The third-order valence-electron chi connectivity index (χ3n) is 3.24. The van der Waals surface area contributed by atoms with Crippen molar-refractivity contribution in [3.05, 3.63) is 20.8 Å². The number of hydrogen-bond acceptors (Lipinski definition) is 5. The largest absolute Gasteiger partial charge is 0.332 e. The van der Waals surface area contributed by atoms with Crippen LogP contribution in [0.5, 0.6) is 0 Å². The Hall–Kier alpha value is -2.25. The lowest BCUT2D eigenvalue weighted by Gasteiger charge is -2.09. The Morgan fingerprint density at radius 1 is 1.20 bits per heavy atom. The second kappa shape index (κ2) is 5.40. The van der Waals surface area contributed by atoms with Gasteiger partial charge in [0.05, 0.1) is 0 Å². The van der Waals surface area contributed by atoms with Crippen LogP contribution >= 0.6 is 0 Å². The van der Waals surface area contributed by atoms with E-state index in [1.165, 1.54) is 16.3 Å². The van der Waals surface area contributed by atoms with E-state index in [-0.39, 0.29) is 11.3 Å². The smallest absolute Gasteiger partial charge is 0.300 e. The predicted molar refractivity (Wildman–Crippen MR) is 72.5 cm³/mol. The summed E-state index contributed by atoms with van der Waals surface area (Å²) < 4.78 is 3.93. The van der Waals surface area contributed by atoms with Crippen molar-refractivity contribution in [3.63, 3.8) is 0 Å². The fourth-order valence-electron chi connectivity index (χ4n) is 2.16. The molecule has 108 valence electrons. The fraction of sp³-hybridized carbons (Fsp3) is 0.583. The molecule has 0 atom stereocenters. The molecule has 0 aliphatic rings. The maximum atomic E-state index is 12.2. The Morgan fingerprint density at radius 2 is 1.90 bits per heavy atom.